The summed E-state index contributed by atoms with van der Waals surface area (Å²) in [7, 11) is 0. The number of hydrogen-bond acceptors (Lipinski definition) is 2. The monoisotopic (exact) mass is 366 g/mol. The van der Waals surface area contributed by atoms with E-state index in [9.17, 15) is 9.90 Å². The maximum atomic E-state index is 12.7. The molecule has 0 aromatic heterocycles. The van der Waals surface area contributed by atoms with Crippen LogP contribution in [0.5, 0.6) is 5.75 Å². The fourth-order valence-corrected chi connectivity index (χ4v) is 3.84. The second-order valence-corrected chi connectivity index (χ2v) is 10.3. The van der Waals surface area contributed by atoms with E-state index in [4.69, 9.17) is 0 Å². The lowest BCUT2D eigenvalue weighted by Crippen LogP contribution is -2.18. The molecule has 0 amide bonds. The average Bonchev–Trinajstić information content (AvgIpc) is 3.28. The van der Waals surface area contributed by atoms with Gasteiger partial charge in [-0.25, -0.2) is 0 Å². The second kappa shape index (κ2) is 6.96. The molecule has 1 aromatic carbocycles. The molecule has 1 fully saturated rings. The van der Waals surface area contributed by atoms with Crippen molar-refractivity contribution in [1.29, 1.82) is 0 Å². The van der Waals surface area contributed by atoms with Crippen molar-refractivity contribution in [1.82, 2.24) is 0 Å². The summed E-state index contributed by atoms with van der Waals surface area (Å²) in [6, 6.07) is 4.18. The van der Waals surface area contributed by atoms with Gasteiger partial charge in [0.25, 0.3) is 0 Å². The number of allylic oxidation sites excluding steroid dienone is 4. The van der Waals surface area contributed by atoms with Crippen molar-refractivity contribution < 1.29 is 9.90 Å². The minimum Gasteiger partial charge on any atom is -0.507 e. The first-order valence-corrected chi connectivity index (χ1v) is 10.3. The van der Waals surface area contributed by atoms with E-state index >= 15 is 0 Å². The number of Topliss-reactive ketones (excluding diaryl/α,β-unsaturated/α-hetero) is 1. The lowest BCUT2D eigenvalue weighted by molar-refractivity contribution is -0.115. The van der Waals surface area contributed by atoms with Crippen molar-refractivity contribution in [3.05, 3.63) is 52.1 Å². The van der Waals surface area contributed by atoms with Crippen molar-refractivity contribution in [2.75, 3.05) is 0 Å². The van der Waals surface area contributed by atoms with Crippen molar-refractivity contribution in [2.24, 2.45) is 5.92 Å². The smallest absolute Gasteiger partial charge is 0.159 e. The quantitative estimate of drug-likeness (QED) is 0.678. The molecule has 1 aromatic rings. The molecule has 3 rings (SSSR count). The Labute approximate surface area is 164 Å². The molecule has 2 heteroatoms. The molecule has 1 saturated carbocycles. The van der Waals surface area contributed by atoms with E-state index in [1.165, 1.54) is 18.4 Å². The average molecular weight is 367 g/mol. The van der Waals surface area contributed by atoms with Gasteiger partial charge >= 0.3 is 0 Å². The van der Waals surface area contributed by atoms with Crippen LogP contribution in [-0.4, -0.2) is 10.9 Å². The maximum absolute atomic E-state index is 12.7. The van der Waals surface area contributed by atoms with Crippen LogP contribution in [0.4, 0.5) is 0 Å². The predicted octanol–water partition coefficient (Wildman–Crippen LogP) is 6.16. The summed E-state index contributed by atoms with van der Waals surface area (Å²) in [4.78, 5) is 12.7. The van der Waals surface area contributed by atoms with Crippen LogP contribution in [0.2, 0.25) is 0 Å². The van der Waals surface area contributed by atoms with E-state index < -0.39 is 0 Å². The van der Waals surface area contributed by atoms with Crippen molar-refractivity contribution in [3.63, 3.8) is 0 Å². The lowest BCUT2D eigenvalue weighted by atomic mass is 9.78. The van der Waals surface area contributed by atoms with E-state index in [0.717, 1.165) is 41.0 Å². The van der Waals surface area contributed by atoms with E-state index in [-0.39, 0.29) is 16.6 Å². The van der Waals surface area contributed by atoms with E-state index in [1.807, 2.05) is 0 Å². The number of aryl methyl sites for hydroxylation is 1. The van der Waals surface area contributed by atoms with Crippen LogP contribution in [-0.2, 0) is 22.0 Å². The van der Waals surface area contributed by atoms with Gasteiger partial charge in [-0.05, 0) is 70.3 Å². The summed E-state index contributed by atoms with van der Waals surface area (Å²) < 4.78 is 0. The third-order valence-corrected chi connectivity index (χ3v) is 5.73. The molecule has 0 aliphatic heterocycles. The number of hydrogen-bond donors (Lipinski definition) is 1. The first-order valence-electron chi connectivity index (χ1n) is 10.3. The fourth-order valence-electron chi connectivity index (χ4n) is 3.84. The Balaban J connectivity index is 1.78. The van der Waals surface area contributed by atoms with Gasteiger partial charge < -0.3 is 5.11 Å². The van der Waals surface area contributed by atoms with Crippen molar-refractivity contribution in [2.45, 2.75) is 84.5 Å². The van der Waals surface area contributed by atoms with Crippen LogP contribution in [0.15, 0.2) is 35.4 Å². The molecule has 146 valence electrons. The molecule has 2 aliphatic rings. The number of carbonyl (C=O) groups excluding carboxylic acids is 1. The molecule has 27 heavy (non-hydrogen) atoms. The van der Waals surface area contributed by atoms with Crippen LogP contribution in [0.1, 0.15) is 83.9 Å². The molecular formula is C25H34O2. The predicted molar refractivity (Wildman–Crippen MR) is 112 cm³/mol. The zero-order chi connectivity index (χ0) is 20.0. The summed E-state index contributed by atoms with van der Waals surface area (Å²) in [5.41, 5.74) is 5.16. The van der Waals surface area contributed by atoms with Gasteiger partial charge in [0.05, 0.1) is 0 Å². The molecule has 0 unspecified atom stereocenters. The van der Waals surface area contributed by atoms with Crippen LogP contribution in [0.25, 0.3) is 0 Å². The first-order chi connectivity index (χ1) is 12.5. The highest BCUT2D eigenvalue weighted by molar-refractivity contribution is 5.97. The van der Waals surface area contributed by atoms with Gasteiger partial charge in [0.15, 0.2) is 5.78 Å². The van der Waals surface area contributed by atoms with E-state index in [2.05, 4.69) is 65.8 Å². The zero-order valence-corrected chi connectivity index (χ0v) is 17.8. The topological polar surface area (TPSA) is 37.3 Å². The molecule has 0 heterocycles. The highest BCUT2D eigenvalue weighted by Crippen LogP contribution is 2.41. The number of phenolic OH excluding ortho intramolecular Hbond substituents is 1. The lowest BCUT2D eigenvalue weighted by Gasteiger charge is -2.28. The molecule has 0 radical (unpaired) electrons. The molecule has 0 bridgehead atoms. The molecule has 0 atom stereocenters. The van der Waals surface area contributed by atoms with E-state index in [0.29, 0.717) is 12.2 Å². The number of phenols is 1. The van der Waals surface area contributed by atoms with Crippen LogP contribution in [0.3, 0.4) is 0 Å². The second-order valence-electron chi connectivity index (χ2n) is 10.3. The zero-order valence-electron chi connectivity index (χ0n) is 17.8. The highest BCUT2D eigenvalue weighted by Gasteiger charge is 2.29. The number of carbonyl (C=O) groups is 1. The third kappa shape index (κ3) is 4.54. The minimum absolute atomic E-state index is 0.138. The summed E-state index contributed by atoms with van der Waals surface area (Å²) >= 11 is 0. The Kier molecular flexibility index (Phi) is 5.14. The van der Waals surface area contributed by atoms with Gasteiger partial charge in [-0.1, -0.05) is 65.8 Å². The van der Waals surface area contributed by atoms with Crippen LogP contribution in [0, 0.1) is 5.92 Å². The van der Waals surface area contributed by atoms with Gasteiger partial charge in [-0.2, -0.15) is 0 Å². The highest BCUT2D eigenvalue weighted by atomic mass is 16.3. The van der Waals surface area contributed by atoms with Gasteiger partial charge in [0.1, 0.15) is 5.75 Å². The maximum Gasteiger partial charge on any atom is 0.159 e. The largest absolute Gasteiger partial charge is 0.507 e. The number of aromatic hydroxyl groups is 1. The molecule has 0 saturated heterocycles. The SMILES string of the molecule is CC(C)(C)c1cc(CCC(=O)C2=CC(C3CC3)=CC2)cc(C(C)(C)C)c1O. The van der Waals surface area contributed by atoms with Crippen LogP contribution < -0.4 is 0 Å². The number of rotatable bonds is 5. The molecule has 2 nitrogen and oxygen atoms in total. The molecular weight excluding hydrogens is 332 g/mol. The summed E-state index contributed by atoms with van der Waals surface area (Å²) in [5, 5.41) is 10.8. The Morgan fingerprint density at radius 2 is 1.59 bits per heavy atom. The third-order valence-electron chi connectivity index (χ3n) is 5.73. The summed E-state index contributed by atoms with van der Waals surface area (Å²) in [6.45, 7) is 12.7. The fraction of sp³-hybridized carbons (Fsp3) is 0.560. The van der Waals surface area contributed by atoms with Gasteiger partial charge in [0, 0.05) is 6.42 Å². The molecule has 2 aliphatic carbocycles. The first kappa shape index (κ1) is 19.9. The normalized spacial score (nSPS) is 17.7. The summed E-state index contributed by atoms with van der Waals surface area (Å²) in [5.74, 6) is 1.39. The Morgan fingerprint density at radius 1 is 1.04 bits per heavy atom. The van der Waals surface area contributed by atoms with Gasteiger partial charge in [0.2, 0.25) is 0 Å². The van der Waals surface area contributed by atoms with Crippen molar-refractivity contribution in [3.8, 4) is 5.75 Å². The Bertz CT molecular complexity index is 771. The van der Waals surface area contributed by atoms with E-state index in [1.54, 1.807) is 0 Å². The van der Waals surface area contributed by atoms with Gasteiger partial charge in [-0.15, -0.1) is 0 Å². The van der Waals surface area contributed by atoms with Crippen molar-refractivity contribution >= 4 is 5.78 Å². The standard InChI is InChI=1S/C25H34O2/c1-24(2,3)20-13-16(14-21(23(20)27)25(4,5)6)7-12-22(26)19-11-10-18(15-19)17-8-9-17/h10,13-15,17,27H,7-9,11-12H2,1-6H3. The van der Waals surface area contributed by atoms with Gasteiger partial charge in [-0.3, -0.25) is 4.79 Å². The Morgan fingerprint density at radius 3 is 2.07 bits per heavy atom. The van der Waals surface area contributed by atoms with Crippen LogP contribution >= 0.6 is 0 Å². The number of ketones is 1. The molecule has 0 spiro atoms. The summed E-state index contributed by atoms with van der Waals surface area (Å²) in [6.07, 6.45) is 9.00. The minimum atomic E-state index is -0.138. The number of benzene rings is 1. The molecule has 1 N–H and O–H groups in total. The Hall–Kier alpha value is -1.83.